The number of carbonyl (C=O) groups is 3. The number of primary amides is 1. The van der Waals surface area contributed by atoms with E-state index < -0.39 is 12.1 Å². The average molecular weight is 332 g/mol. The first-order chi connectivity index (χ1) is 11.5. The van der Waals surface area contributed by atoms with Crippen LogP contribution in [0.5, 0.6) is 0 Å². The number of carbonyl (C=O) groups excluding carboxylic acids is 3. The summed E-state index contributed by atoms with van der Waals surface area (Å²) in [5.74, 6) is -0.142. The number of hydrogen-bond donors (Lipinski definition) is 4. The zero-order valence-corrected chi connectivity index (χ0v) is 13.8. The normalized spacial score (nSPS) is 15.5. The highest BCUT2D eigenvalue weighted by Gasteiger charge is 2.31. The van der Waals surface area contributed by atoms with Gasteiger partial charge in [0, 0.05) is 19.2 Å². The van der Waals surface area contributed by atoms with Crippen molar-refractivity contribution in [3.05, 3.63) is 29.8 Å². The van der Waals surface area contributed by atoms with Crippen LogP contribution in [0.4, 0.5) is 10.5 Å². The quantitative estimate of drug-likeness (QED) is 0.633. The molecule has 0 saturated heterocycles. The maximum absolute atomic E-state index is 12.5. The lowest BCUT2D eigenvalue weighted by atomic mass is 9.97. The number of amides is 4. The van der Waals surface area contributed by atoms with Gasteiger partial charge in [-0.25, -0.2) is 4.79 Å². The van der Waals surface area contributed by atoms with Crippen LogP contribution in [0.1, 0.15) is 38.2 Å². The zero-order chi connectivity index (χ0) is 17.5. The molecule has 0 aliphatic heterocycles. The highest BCUT2D eigenvalue weighted by molar-refractivity contribution is 5.88. The fraction of sp³-hybridized carbons (Fsp3) is 0.471. The maximum Gasteiger partial charge on any atom is 0.316 e. The molecule has 1 aromatic rings. The zero-order valence-electron chi connectivity index (χ0n) is 13.8. The summed E-state index contributed by atoms with van der Waals surface area (Å²) in [4.78, 5) is 34.6. The molecule has 0 aromatic heterocycles. The Morgan fingerprint density at radius 3 is 2.33 bits per heavy atom. The summed E-state index contributed by atoms with van der Waals surface area (Å²) in [6, 6.07) is 5.94. The van der Waals surface area contributed by atoms with Crippen LogP contribution in [0.25, 0.3) is 0 Å². The lowest BCUT2D eigenvalue weighted by Gasteiger charge is -2.23. The van der Waals surface area contributed by atoms with Crippen molar-refractivity contribution in [3.8, 4) is 0 Å². The second-order valence-corrected chi connectivity index (χ2v) is 6.13. The van der Waals surface area contributed by atoms with Gasteiger partial charge >= 0.3 is 6.03 Å². The summed E-state index contributed by atoms with van der Waals surface area (Å²) >= 11 is 0. The molecule has 0 bridgehead atoms. The van der Waals surface area contributed by atoms with E-state index in [9.17, 15) is 14.4 Å². The van der Waals surface area contributed by atoms with Gasteiger partial charge in [-0.3, -0.25) is 9.59 Å². The van der Waals surface area contributed by atoms with Gasteiger partial charge in [0.05, 0.1) is 0 Å². The molecule has 1 aromatic carbocycles. The monoisotopic (exact) mass is 332 g/mol. The van der Waals surface area contributed by atoms with E-state index in [0.29, 0.717) is 12.2 Å². The van der Waals surface area contributed by atoms with Crippen LogP contribution in [0.15, 0.2) is 24.3 Å². The molecule has 7 nitrogen and oxygen atoms in total. The smallest absolute Gasteiger partial charge is 0.316 e. The number of anilines is 1. The molecule has 1 fully saturated rings. The minimum absolute atomic E-state index is 0.156. The van der Waals surface area contributed by atoms with E-state index in [-0.39, 0.29) is 17.7 Å². The van der Waals surface area contributed by atoms with Crippen molar-refractivity contribution in [3.63, 3.8) is 0 Å². The first-order valence-electron chi connectivity index (χ1n) is 8.16. The number of nitrogens with two attached hydrogens (primary N) is 1. The van der Waals surface area contributed by atoms with Gasteiger partial charge in [0.1, 0.15) is 6.04 Å². The number of hydrogen-bond acceptors (Lipinski definition) is 3. The standard InChI is InChI=1S/C17H24N4O3/c1-11(22)20-15(13-4-2-3-5-13)16(23)19-10-12-6-8-14(9-7-12)21-17(18)24/h6-9,13,15H,2-5,10H2,1H3,(H,19,23)(H,20,22)(H3,18,21,24). The average Bonchev–Trinajstić information content (AvgIpc) is 3.05. The van der Waals surface area contributed by atoms with Crippen LogP contribution in [0.2, 0.25) is 0 Å². The van der Waals surface area contributed by atoms with E-state index in [1.807, 2.05) is 0 Å². The maximum atomic E-state index is 12.5. The first-order valence-corrected chi connectivity index (χ1v) is 8.16. The second kappa shape index (κ2) is 8.33. The van der Waals surface area contributed by atoms with Crippen molar-refractivity contribution < 1.29 is 14.4 Å². The summed E-state index contributed by atoms with van der Waals surface area (Å²) in [5.41, 5.74) is 6.54. The Kier molecular flexibility index (Phi) is 6.17. The van der Waals surface area contributed by atoms with Crippen molar-refractivity contribution in [1.29, 1.82) is 0 Å². The number of urea groups is 1. The predicted octanol–water partition coefficient (Wildman–Crippen LogP) is 1.49. The van der Waals surface area contributed by atoms with E-state index in [2.05, 4.69) is 16.0 Å². The third-order valence-electron chi connectivity index (χ3n) is 4.20. The molecule has 1 atom stereocenters. The topological polar surface area (TPSA) is 113 Å². The third-order valence-corrected chi connectivity index (χ3v) is 4.20. The Morgan fingerprint density at radius 2 is 1.79 bits per heavy atom. The summed E-state index contributed by atoms with van der Waals surface area (Å²) in [6.45, 7) is 1.79. The molecule has 1 aliphatic rings. The molecule has 1 unspecified atom stereocenters. The Morgan fingerprint density at radius 1 is 1.17 bits per heavy atom. The first kappa shape index (κ1) is 17.8. The van der Waals surface area contributed by atoms with E-state index >= 15 is 0 Å². The minimum Gasteiger partial charge on any atom is -0.351 e. The van der Waals surface area contributed by atoms with E-state index in [0.717, 1.165) is 31.2 Å². The summed E-state index contributed by atoms with van der Waals surface area (Å²) in [7, 11) is 0. The lowest BCUT2D eigenvalue weighted by Crippen LogP contribution is -2.49. The molecule has 7 heteroatoms. The third kappa shape index (κ3) is 5.26. The van der Waals surface area contributed by atoms with Gasteiger partial charge < -0.3 is 21.7 Å². The van der Waals surface area contributed by atoms with Gasteiger partial charge in [-0.15, -0.1) is 0 Å². The number of benzene rings is 1. The fourth-order valence-corrected chi connectivity index (χ4v) is 3.05. The number of nitrogens with one attached hydrogen (secondary N) is 3. The highest BCUT2D eigenvalue weighted by atomic mass is 16.2. The van der Waals surface area contributed by atoms with Gasteiger partial charge in [0.15, 0.2) is 0 Å². The van der Waals surface area contributed by atoms with Crippen LogP contribution < -0.4 is 21.7 Å². The van der Waals surface area contributed by atoms with Crippen LogP contribution in [0.3, 0.4) is 0 Å². The van der Waals surface area contributed by atoms with E-state index in [1.165, 1.54) is 6.92 Å². The number of rotatable bonds is 6. The molecule has 0 radical (unpaired) electrons. The van der Waals surface area contributed by atoms with Crippen LogP contribution in [0, 0.1) is 5.92 Å². The molecule has 1 aliphatic carbocycles. The van der Waals surface area contributed by atoms with Crippen LogP contribution in [-0.4, -0.2) is 23.9 Å². The molecule has 5 N–H and O–H groups in total. The SMILES string of the molecule is CC(=O)NC(C(=O)NCc1ccc(NC(N)=O)cc1)C1CCCC1. The largest absolute Gasteiger partial charge is 0.351 e. The fourth-order valence-electron chi connectivity index (χ4n) is 3.05. The highest BCUT2D eigenvalue weighted by Crippen LogP contribution is 2.28. The van der Waals surface area contributed by atoms with Crippen molar-refractivity contribution in [1.82, 2.24) is 10.6 Å². The van der Waals surface area contributed by atoms with E-state index in [4.69, 9.17) is 5.73 Å². The summed E-state index contributed by atoms with van der Waals surface area (Å²) in [6.07, 6.45) is 4.13. The van der Waals surface area contributed by atoms with Gasteiger partial charge in [-0.1, -0.05) is 25.0 Å². The molecule has 1 saturated carbocycles. The predicted molar refractivity (Wildman–Crippen MR) is 91.1 cm³/mol. The lowest BCUT2D eigenvalue weighted by molar-refractivity contribution is -0.129. The Balaban J connectivity index is 1.91. The summed E-state index contributed by atoms with van der Waals surface area (Å²) < 4.78 is 0. The van der Waals surface area contributed by atoms with Crippen molar-refractivity contribution in [2.24, 2.45) is 11.7 Å². The molecule has 130 valence electrons. The van der Waals surface area contributed by atoms with Crippen molar-refractivity contribution >= 4 is 23.5 Å². The minimum atomic E-state index is -0.620. The van der Waals surface area contributed by atoms with Crippen LogP contribution in [-0.2, 0) is 16.1 Å². The van der Waals surface area contributed by atoms with Crippen molar-refractivity contribution in [2.45, 2.75) is 45.2 Å². The van der Waals surface area contributed by atoms with Gasteiger partial charge in [0.2, 0.25) is 11.8 Å². The molecular weight excluding hydrogens is 308 g/mol. The van der Waals surface area contributed by atoms with Crippen molar-refractivity contribution in [2.75, 3.05) is 5.32 Å². The second-order valence-electron chi connectivity index (χ2n) is 6.13. The van der Waals surface area contributed by atoms with Gasteiger partial charge in [-0.2, -0.15) is 0 Å². The molecule has 4 amide bonds. The molecular formula is C17H24N4O3. The van der Waals surface area contributed by atoms with Crippen LogP contribution >= 0.6 is 0 Å². The Bertz CT molecular complexity index is 594. The Hall–Kier alpha value is -2.57. The molecule has 0 heterocycles. The Labute approximate surface area is 141 Å². The molecule has 2 rings (SSSR count). The molecule has 0 spiro atoms. The van der Waals surface area contributed by atoms with E-state index in [1.54, 1.807) is 24.3 Å². The molecule has 24 heavy (non-hydrogen) atoms. The summed E-state index contributed by atoms with van der Waals surface area (Å²) in [5, 5.41) is 8.13. The van der Waals surface area contributed by atoms with Gasteiger partial charge in [-0.05, 0) is 36.5 Å². The van der Waals surface area contributed by atoms with Gasteiger partial charge in [0.25, 0.3) is 0 Å².